The van der Waals surface area contributed by atoms with E-state index in [1.54, 1.807) is 11.8 Å². The average molecular weight is 414 g/mol. The van der Waals surface area contributed by atoms with E-state index in [2.05, 4.69) is 20.2 Å². The van der Waals surface area contributed by atoms with E-state index in [-0.39, 0.29) is 18.0 Å². The summed E-state index contributed by atoms with van der Waals surface area (Å²) in [6.45, 7) is 2.11. The normalized spacial score (nSPS) is 11.2. The molecular formula is C22H18N6O3. The topological polar surface area (TPSA) is 101 Å². The van der Waals surface area contributed by atoms with E-state index in [0.717, 1.165) is 11.3 Å². The second kappa shape index (κ2) is 7.52. The Morgan fingerprint density at radius 1 is 1.10 bits per heavy atom. The molecule has 0 fully saturated rings. The molecule has 9 heteroatoms. The highest BCUT2D eigenvalue weighted by atomic mass is 16.5. The number of rotatable bonds is 5. The van der Waals surface area contributed by atoms with Gasteiger partial charge < -0.3 is 9.26 Å². The van der Waals surface area contributed by atoms with E-state index in [9.17, 15) is 4.79 Å². The minimum atomic E-state index is -0.236. The first-order valence-electron chi connectivity index (χ1n) is 9.60. The number of fused-ring (bicyclic) bond motifs is 1. The molecule has 0 saturated carbocycles. The Labute approximate surface area is 176 Å². The zero-order valence-electron chi connectivity index (χ0n) is 16.9. The van der Waals surface area contributed by atoms with Crippen molar-refractivity contribution in [2.75, 3.05) is 7.11 Å². The summed E-state index contributed by atoms with van der Waals surface area (Å²) in [5.74, 6) is 1.32. The van der Waals surface area contributed by atoms with Crippen molar-refractivity contribution in [3.8, 4) is 22.8 Å². The Morgan fingerprint density at radius 2 is 1.90 bits per heavy atom. The zero-order valence-corrected chi connectivity index (χ0v) is 16.9. The Balaban J connectivity index is 1.47. The fourth-order valence-corrected chi connectivity index (χ4v) is 3.34. The van der Waals surface area contributed by atoms with Gasteiger partial charge in [0.2, 0.25) is 11.7 Å². The van der Waals surface area contributed by atoms with Gasteiger partial charge >= 0.3 is 0 Å². The van der Waals surface area contributed by atoms with Gasteiger partial charge in [-0.2, -0.15) is 10.1 Å². The van der Waals surface area contributed by atoms with Crippen LogP contribution in [0.1, 0.15) is 11.5 Å². The summed E-state index contributed by atoms with van der Waals surface area (Å²) in [4.78, 5) is 21.8. The third-order valence-electron chi connectivity index (χ3n) is 4.95. The van der Waals surface area contributed by atoms with Crippen molar-refractivity contribution in [1.82, 2.24) is 29.5 Å². The van der Waals surface area contributed by atoms with Crippen molar-refractivity contribution in [2.45, 2.75) is 13.5 Å². The highest BCUT2D eigenvalue weighted by Gasteiger charge is 2.16. The van der Waals surface area contributed by atoms with Gasteiger partial charge in [-0.3, -0.25) is 9.36 Å². The zero-order chi connectivity index (χ0) is 21.4. The first-order chi connectivity index (χ1) is 15.1. The number of para-hydroxylation sites is 1. The molecule has 3 aromatic heterocycles. The van der Waals surface area contributed by atoms with Crippen LogP contribution in [-0.2, 0) is 6.54 Å². The van der Waals surface area contributed by atoms with Gasteiger partial charge in [-0.15, -0.1) is 0 Å². The predicted octanol–water partition coefficient (Wildman–Crippen LogP) is 3.00. The van der Waals surface area contributed by atoms with E-state index in [4.69, 9.17) is 9.26 Å². The molecule has 5 aromatic rings. The third kappa shape index (κ3) is 3.35. The Bertz CT molecular complexity index is 1430. The molecule has 0 aliphatic rings. The summed E-state index contributed by atoms with van der Waals surface area (Å²) in [5, 5.41) is 8.77. The van der Waals surface area contributed by atoms with Crippen LogP contribution in [0.4, 0.5) is 0 Å². The molecule has 0 radical (unpaired) electrons. The maximum Gasteiger partial charge on any atom is 0.264 e. The van der Waals surface area contributed by atoms with Crippen LogP contribution in [0.15, 0.2) is 70.4 Å². The van der Waals surface area contributed by atoms with Crippen LogP contribution in [0, 0.1) is 6.92 Å². The molecule has 0 bridgehead atoms. The van der Waals surface area contributed by atoms with Gasteiger partial charge in [0.15, 0.2) is 5.65 Å². The summed E-state index contributed by atoms with van der Waals surface area (Å²) in [6, 6.07) is 15.2. The number of hydrogen-bond acceptors (Lipinski definition) is 7. The monoisotopic (exact) mass is 414 g/mol. The van der Waals surface area contributed by atoms with Crippen LogP contribution in [-0.4, -0.2) is 36.6 Å². The van der Waals surface area contributed by atoms with Gasteiger partial charge in [0.05, 0.1) is 24.6 Å². The van der Waals surface area contributed by atoms with Crippen molar-refractivity contribution in [3.05, 3.63) is 82.9 Å². The number of hydrogen-bond donors (Lipinski definition) is 0. The quantitative estimate of drug-likeness (QED) is 0.436. The van der Waals surface area contributed by atoms with E-state index < -0.39 is 0 Å². The molecule has 154 valence electrons. The van der Waals surface area contributed by atoms with E-state index >= 15 is 0 Å². The summed E-state index contributed by atoms with van der Waals surface area (Å²) in [7, 11) is 1.58. The minimum Gasteiger partial charge on any atom is -0.496 e. The fourth-order valence-electron chi connectivity index (χ4n) is 3.34. The van der Waals surface area contributed by atoms with Gasteiger partial charge in [-0.1, -0.05) is 35.0 Å². The molecule has 0 amide bonds. The second-order valence-corrected chi connectivity index (χ2v) is 7.02. The van der Waals surface area contributed by atoms with Gasteiger partial charge in [0.1, 0.15) is 24.0 Å². The number of methoxy groups -OCH3 is 1. The van der Waals surface area contributed by atoms with Crippen LogP contribution >= 0.6 is 0 Å². The Kier molecular flexibility index (Phi) is 4.55. The molecule has 3 heterocycles. The van der Waals surface area contributed by atoms with E-state index in [0.29, 0.717) is 28.2 Å². The number of ether oxygens (including phenoxy) is 1. The van der Waals surface area contributed by atoms with Crippen LogP contribution in [0.5, 0.6) is 5.75 Å². The molecule has 0 saturated heterocycles. The number of aromatic nitrogens is 6. The van der Waals surface area contributed by atoms with E-state index in [1.807, 2.05) is 55.5 Å². The van der Waals surface area contributed by atoms with Gasteiger partial charge in [0, 0.05) is 0 Å². The molecule has 0 N–H and O–H groups in total. The number of aryl methyl sites for hydroxylation is 1. The number of benzene rings is 2. The third-order valence-corrected chi connectivity index (χ3v) is 4.95. The molecule has 9 nitrogen and oxygen atoms in total. The Morgan fingerprint density at radius 3 is 2.71 bits per heavy atom. The molecule has 0 unspecified atom stereocenters. The first-order valence-corrected chi connectivity index (χ1v) is 9.60. The van der Waals surface area contributed by atoms with Crippen LogP contribution in [0.3, 0.4) is 0 Å². The molecule has 0 atom stereocenters. The summed E-state index contributed by atoms with van der Waals surface area (Å²) in [5.41, 5.74) is 2.94. The lowest BCUT2D eigenvalue weighted by molar-refractivity contribution is 0.369. The lowest BCUT2D eigenvalue weighted by Crippen LogP contribution is -2.21. The SMILES string of the molecule is COc1ccccc1-c1noc(Cn2cnc3c(cnn3-c3ccc(C)cc3)c2=O)n1. The molecule has 31 heavy (non-hydrogen) atoms. The standard InChI is InChI=1S/C22H18N6O3/c1-14-7-9-15(10-8-14)28-21-17(11-24-28)22(29)27(13-23-21)12-19-25-20(26-31-19)16-5-3-4-6-18(16)30-2/h3-11,13H,12H2,1-2H3. The van der Waals surface area contributed by atoms with Gasteiger partial charge in [-0.05, 0) is 31.2 Å². The fraction of sp³-hybridized carbons (Fsp3) is 0.136. The van der Waals surface area contributed by atoms with Gasteiger partial charge in [-0.25, -0.2) is 9.67 Å². The van der Waals surface area contributed by atoms with Crippen molar-refractivity contribution >= 4 is 11.0 Å². The lowest BCUT2D eigenvalue weighted by atomic mass is 10.2. The number of nitrogens with zero attached hydrogens (tertiary/aromatic N) is 6. The molecule has 5 rings (SSSR count). The van der Waals surface area contributed by atoms with Crippen molar-refractivity contribution in [1.29, 1.82) is 0 Å². The maximum atomic E-state index is 13.0. The largest absolute Gasteiger partial charge is 0.496 e. The summed E-state index contributed by atoms with van der Waals surface area (Å²) < 4.78 is 13.8. The van der Waals surface area contributed by atoms with Crippen LogP contribution in [0.25, 0.3) is 28.1 Å². The molecule has 0 spiro atoms. The van der Waals surface area contributed by atoms with Crippen molar-refractivity contribution < 1.29 is 9.26 Å². The summed E-state index contributed by atoms with van der Waals surface area (Å²) >= 11 is 0. The molecule has 2 aromatic carbocycles. The highest BCUT2D eigenvalue weighted by molar-refractivity contribution is 5.75. The van der Waals surface area contributed by atoms with E-state index in [1.165, 1.54) is 17.1 Å². The van der Waals surface area contributed by atoms with Crippen molar-refractivity contribution in [3.63, 3.8) is 0 Å². The Hall–Kier alpha value is -4.27. The molecule has 0 aliphatic heterocycles. The van der Waals surface area contributed by atoms with Gasteiger partial charge in [0.25, 0.3) is 5.56 Å². The van der Waals surface area contributed by atoms with Crippen LogP contribution < -0.4 is 10.3 Å². The second-order valence-electron chi connectivity index (χ2n) is 7.02. The summed E-state index contributed by atoms with van der Waals surface area (Å²) in [6.07, 6.45) is 2.99. The van der Waals surface area contributed by atoms with Crippen LogP contribution in [0.2, 0.25) is 0 Å². The first kappa shape index (κ1) is 18.7. The lowest BCUT2D eigenvalue weighted by Gasteiger charge is -2.05. The molecular weight excluding hydrogens is 396 g/mol. The highest BCUT2D eigenvalue weighted by Crippen LogP contribution is 2.27. The average Bonchev–Trinajstić information content (AvgIpc) is 3.44. The predicted molar refractivity (Wildman–Crippen MR) is 113 cm³/mol. The smallest absolute Gasteiger partial charge is 0.264 e. The maximum absolute atomic E-state index is 13.0. The molecule has 0 aliphatic carbocycles. The van der Waals surface area contributed by atoms with Crippen molar-refractivity contribution in [2.24, 2.45) is 0 Å². The minimum absolute atomic E-state index is 0.0969.